The van der Waals surface area contributed by atoms with Gasteiger partial charge in [0.1, 0.15) is 11.6 Å². The number of furan rings is 1. The lowest BCUT2D eigenvalue weighted by Gasteiger charge is -2.32. The highest BCUT2D eigenvalue weighted by molar-refractivity contribution is 5.29. The Morgan fingerprint density at radius 3 is 2.47 bits per heavy atom. The van der Waals surface area contributed by atoms with Crippen molar-refractivity contribution < 1.29 is 8.81 Å². The Kier molecular flexibility index (Phi) is 6.81. The number of nitrogens with zero attached hydrogens (tertiary/aromatic N) is 5. The maximum Gasteiger partial charge on any atom is 0.173 e. The van der Waals surface area contributed by atoms with Gasteiger partial charge in [0.25, 0.3) is 0 Å². The summed E-state index contributed by atoms with van der Waals surface area (Å²) in [5.41, 5.74) is 3.33. The lowest BCUT2D eigenvalue weighted by Crippen LogP contribution is -2.32. The molecule has 1 saturated carbocycles. The van der Waals surface area contributed by atoms with Crippen molar-refractivity contribution >= 4 is 0 Å². The molecular formula is C27H30FN5O. The number of halogens is 1. The molecule has 4 aromatic rings. The van der Waals surface area contributed by atoms with Gasteiger partial charge in [0.15, 0.2) is 5.82 Å². The molecule has 0 bridgehead atoms. The maximum atomic E-state index is 13.6. The van der Waals surface area contributed by atoms with Gasteiger partial charge in [0.05, 0.1) is 24.9 Å². The summed E-state index contributed by atoms with van der Waals surface area (Å²) >= 11 is 0. The number of hydrogen-bond donors (Lipinski definition) is 0. The quantitative estimate of drug-likeness (QED) is 0.323. The standard InChI is InChI=1S/C27H30FN5O/c1-20-9-13-22(14-10-20)26(27-29-30-31-33(27)24-6-3-2-4-7-24)32(19-25-8-5-17-34-25)18-21-11-15-23(28)16-12-21/h5,8-17,24,26H,2-4,6-7,18-19H2,1H3. The molecule has 2 aromatic heterocycles. The second-order valence-corrected chi connectivity index (χ2v) is 9.20. The van der Waals surface area contributed by atoms with Gasteiger partial charge in [-0.25, -0.2) is 9.07 Å². The summed E-state index contributed by atoms with van der Waals surface area (Å²) in [5, 5.41) is 13.1. The Balaban J connectivity index is 1.58. The lowest BCUT2D eigenvalue weighted by molar-refractivity contribution is 0.174. The zero-order valence-corrected chi connectivity index (χ0v) is 19.5. The molecule has 5 rings (SSSR count). The van der Waals surface area contributed by atoms with E-state index in [0.29, 0.717) is 19.1 Å². The zero-order valence-electron chi connectivity index (χ0n) is 19.5. The largest absolute Gasteiger partial charge is 0.468 e. The van der Waals surface area contributed by atoms with E-state index in [9.17, 15) is 4.39 Å². The van der Waals surface area contributed by atoms with Crippen LogP contribution < -0.4 is 0 Å². The van der Waals surface area contributed by atoms with Crippen molar-refractivity contribution in [1.29, 1.82) is 0 Å². The predicted molar refractivity (Wildman–Crippen MR) is 127 cm³/mol. The van der Waals surface area contributed by atoms with Crippen LogP contribution in [0.4, 0.5) is 4.39 Å². The number of aromatic nitrogens is 4. The van der Waals surface area contributed by atoms with E-state index < -0.39 is 0 Å². The van der Waals surface area contributed by atoms with E-state index in [1.54, 1.807) is 6.26 Å². The van der Waals surface area contributed by atoms with Gasteiger partial charge >= 0.3 is 0 Å². The molecule has 1 aliphatic carbocycles. The molecule has 1 unspecified atom stereocenters. The van der Waals surface area contributed by atoms with Crippen LogP contribution in [0.5, 0.6) is 0 Å². The highest BCUT2D eigenvalue weighted by Gasteiger charge is 2.31. The van der Waals surface area contributed by atoms with Crippen molar-refractivity contribution in [3.63, 3.8) is 0 Å². The van der Waals surface area contributed by atoms with Crippen LogP contribution in [0, 0.1) is 12.7 Å². The molecule has 0 amide bonds. The SMILES string of the molecule is Cc1ccc(C(c2nnnn2C2CCCCC2)N(Cc2ccc(F)cc2)Cc2ccco2)cc1. The van der Waals surface area contributed by atoms with Crippen molar-refractivity contribution in [2.24, 2.45) is 0 Å². The van der Waals surface area contributed by atoms with Gasteiger partial charge in [-0.05, 0) is 65.6 Å². The summed E-state index contributed by atoms with van der Waals surface area (Å²) in [7, 11) is 0. The first kappa shape index (κ1) is 22.5. The smallest absolute Gasteiger partial charge is 0.173 e. The highest BCUT2D eigenvalue weighted by Crippen LogP contribution is 2.35. The first-order chi connectivity index (χ1) is 16.7. The van der Waals surface area contributed by atoms with E-state index >= 15 is 0 Å². The summed E-state index contributed by atoms with van der Waals surface area (Å²) in [6.45, 7) is 3.25. The molecule has 0 saturated heterocycles. The Morgan fingerprint density at radius 1 is 1.00 bits per heavy atom. The monoisotopic (exact) mass is 459 g/mol. The Hall–Kier alpha value is -3.32. The van der Waals surface area contributed by atoms with Crippen LogP contribution in [0.25, 0.3) is 0 Å². The van der Waals surface area contributed by atoms with Gasteiger partial charge < -0.3 is 4.42 Å². The third-order valence-electron chi connectivity index (χ3n) is 6.68. The van der Waals surface area contributed by atoms with Crippen LogP contribution in [0.3, 0.4) is 0 Å². The molecule has 1 fully saturated rings. The van der Waals surface area contributed by atoms with Crippen LogP contribution in [0.2, 0.25) is 0 Å². The van der Waals surface area contributed by atoms with Crippen molar-refractivity contribution in [2.75, 3.05) is 0 Å². The summed E-state index contributed by atoms with van der Waals surface area (Å²) in [4.78, 5) is 2.31. The Morgan fingerprint density at radius 2 is 1.76 bits per heavy atom. The molecular weight excluding hydrogens is 429 g/mol. The normalized spacial score (nSPS) is 15.6. The fraction of sp³-hybridized carbons (Fsp3) is 0.370. The molecule has 34 heavy (non-hydrogen) atoms. The molecule has 2 aromatic carbocycles. The van der Waals surface area contributed by atoms with Crippen LogP contribution in [-0.4, -0.2) is 25.1 Å². The zero-order chi connectivity index (χ0) is 23.3. The average molecular weight is 460 g/mol. The summed E-state index contributed by atoms with van der Waals surface area (Å²) in [5.74, 6) is 1.46. The van der Waals surface area contributed by atoms with Gasteiger partial charge in [0.2, 0.25) is 0 Å². The maximum absolute atomic E-state index is 13.6. The van der Waals surface area contributed by atoms with Crippen molar-refractivity contribution in [3.05, 3.63) is 101 Å². The molecule has 0 radical (unpaired) electrons. The average Bonchev–Trinajstić information content (AvgIpc) is 3.55. The molecule has 0 spiro atoms. The second kappa shape index (κ2) is 10.3. The van der Waals surface area contributed by atoms with E-state index in [1.807, 2.05) is 28.9 Å². The molecule has 1 atom stereocenters. The Labute approximate surface area is 199 Å². The molecule has 176 valence electrons. The first-order valence-corrected chi connectivity index (χ1v) is 12.0. The lowest BCUT2D eigenvalue weighted by atomic mass is 9.95. The fourth-order valence-electron chi connectivity index (χ4n) is 4.90. The second-order valence-electron chi connectivity index (χ2n) is 9.20. The van der Waals surface area contributed by atoms with Gasteiger partial charge in [-0.3, -0.25) is 4.90 Å². The minimum atomic E-state index is -0.238. The Bertz CT molecular complexity index is 1160. The molecule has 0 aliphatic heterocycles. The van der Waals surface area contributed by atoms with Crippen LogP contribution >= 0.6 is 0 Å². The summed E-state index contributed by atoms with van der Waals surface area (Å²) in [6, 6.07) is 19.2. The molecule has 6 nitrogen and oxygen atoms in total. The van der Waals surface area contributed by atoms with Gasteiger partial charge in [-0.2, -0.15) is 0 Å². The van der Waals surface area contributed by atoms with Crippen molar-refractivity contribution in [3.8, 4) is 0 Å². The number of hydrogen-bond acceptors (Lipinski definition) is 5. The van der Waals surface area contributed by atoms with Crippen LogP contribution in [0.15, 0.2) is 71.3 Å². The fourth-order valence-corrected chi connectivity index (χ4v) is 4.90. The van der Waals surface area contributed by atoms with E-state index in [-0.39, 0.29) is 11.9 Å². The van der Waals surface area contributed by atoms with Crippen molar-refractivity contribution in [1.82, 2.24) is 25.1 Å². The first-order valence-electron chi connectivity index (χ1n) is 12.0. The highest BCUT2D eigenvalue weighted by atomic mass is 19.1. The third-order valence-corrected chi connectivity index (χ3v) is 6.68. The molecule has 1 aliphatic rings. The van der Waals surface area contributed by atoms with E-state index in [0.717, 1.165) is 35.6 Å². The number of tetrazole rings is 1. The predicted octanol–water partition coefficient (Wildman–Crippen LogP) is 6.01. The molecule has 2 heterocycles. The third kappa shape index (κ3) is 5.09. The van der Waals surface area contributed by atoms with E-state index in [2.05, 4.69) is 51.6 Å². The topological polar surface area (TPSA) is 60.0 Å². The minimum Gasteiger partial charge on any atom is -0.468 e. The number of rotatable bonds is 8. The van der Waals surface area contributed by atoms with Gasteiger partial charge in [-0.15, -0.1) is 5.10 Å². The van der Waals surface area contributed by atoms with Crippen LogP contribution in [-0.2, 0) is 13.1 Å². The van der Waals surface area contributed by atoms with E-state index in [4.69, 9.17) is 4.42 Å². The summed E-state index contributed by atoms with van der Waals surface area (Å²) in [6.07, 6.45) is 7.54. The molecule has 0 N–H and O–H groups in total. The van der Waals surface area contributed by atoms with Crippen molar-refractivity contribution in [2.45, 2.75) is 64.2 Å². The van der Waals surface area contributed by atoms with Crippen LogP contribution in [0.1, 0.15) is 72.5 Å². The number of aryl methyl sites for hydroxylation is 1. The summed E-state index contributed by atoms with van der Waals surface area (Å²) < 4.78 is 21.4. The minimum absolute atomic E-state index is 0.187. The number of benzene rings is 2. The van der Waals surface area contributed by atoms with Gasteiger partial charge in [0, 0.05) is 6.54 Å². The van der Waals surface area contributed by atoms with Gasteiger partial charge in [-0.1, -0.05) is 61.2 Å². The molecule has 7 heteroatoms. The van der Waals surface area contributed by atoms with E-state index in [1.165, 1.54) is 37.0 Å².